The summed E-state index contributed by atoms with van der Waals surface area (Å²) in [5.74, 6) is -0.556. The maximum atomic E-state index is 13.7. The SMILES string of the molecule is COc1ccc([C@H]2[C@@H]3C(=O)N(c4ccc(Cl)c(Cl)c4)C(=O)[C@@H]3ON2c2ccccc2)c(OC)c1. The van der Waals surface area contributed by atoms with E-state index in [-0.39, 0.29) is 5.02 Å². The Hall–Kier alpha value is -3.26. The van der Waals surface area contributed by atoms with Crippen LogP contribution in [0.15, 0.2) is 66.7 Å². The van der Waals surface area contributed by atoms with Gasteiger partial charge in [0.25, 0.3) is 5.91 Å². The minimum Gasteiger partial charge on any atom is -0.497 e. The highest BCUT2D eigenvalue weighted by Gasteiger charge is 2.60. The largest absolute Gasteiger partial charge is 0.497 e. The molecule has 2 aliphatic rings. The molecule has 0 saturated carbocycles. The van der Waals surface area contributed by atoms with Crippen molar-refractivity contribution in [1.29, 1.82) is 0 Å². The summed E-state index contributed by atoms with van der Waals surface area (Å²) in [4.78, 5) is 34.4. The van der Waals surface area contributed by atoms with Crippen molar-refractivity contribution in [1.82, 2.24) is 0 Å². The number of para-hydroxylation sites is 1. The molecule has 0 N–H and O–H groups in total. The van der Waals surface area contributed by atoms with Crippen molar-refractivity contribution in [3.05, 3.63) is 82.3 Å². The summed E-state index contributed by atoms with van der Waals surface area (Å²) in [5, 5.41) is 2.19. The lowest BCUT2D eigenvalue weighted by molar-refractivity contribution is -0.126. The van der Waals surface area contributed by atoms with Gasteiger partial charge in [0, 0.05) is 11.6 Å². The molecule has 3 aromatic rings. The molecule has 3 atom stereocenters. The molecule has 2 amide bonds. The molecule has 174 valence electrons. The van der Waals surface area contributed by atoms with Crippen molar-refractivity contribution in [3.8, 4) is 11.5 Å². The molecule has 0 aromatic heterocycles. The van der Waals surface area contributed by atoms with Gasteiger partial charge in [0.15, 0.2) is 6.10 Å². The Labute approximate surface area is 206 Å². The van der Waals surface area contributed by atoms with Gasteiger partial charge in [-0.05, 0) is 42.5 Å². The number of carbonyl (C=O) groups excluding carboxylic acids is 2. The Bertz CT molecular complexity index is 1270. The summed E-state index contributed by atoms with van der Waals surface area (Å²) in [6.45, 7) is 0. The molecule has 2 heterocycles. The second-order valence-corrected chi connectivity index (χ2v) is 8.69. The first-order chi connectivity index (χ1) is 16.4. The van der Waals surface area contributed by atoms with Gasteiger partial charge in [-0.1, -0.05) is 41.4 Å². The normalized spacial score (nSPS) is 21.7. The lowest BCUT2D eigenvalue weighted by atomic mass is 9.90. The predicted octanol–water partition coefficient (Wildman–Crippen LogP) is 5.06. The number of fused-ring (bicyclic) bond motifs is 1. The number of ether oxygens (including phenoxy) is 2. The van der Waals surface area contributed by atoms with Gasteiger partial charge in [-0.2, -0.15) is 0 Å². The number of anilines is 2. The lowest BCUT2D eigenvalue weighted by Crippen LogP contribution is -2.37. The molecule has 2 saturated heterocycles. The average Bonchev–Trinajstić information content (AvgIpc) is 3.36. The number of carbonyl (C=O) groups is 2. The van der Waals surface area contributed by atoms with Crippen LogP contribution in [0, 0.1) is 5.92 Å². The smallest absolute Gasteiger partial charge is 0.266 e. The molecule has 2 aliphatic heterocycles. The van der Waals surface area contributed by atoms with Crippen LogP contribution in [0.1, 0.15) is 11.6 Å². The monoisotopic (exact) mass is 498 g/mol. The van der Waals surface area contributed by atoms with Gasteiger partial charge in [0.2, 0.25) is 5.91 Å². The molecule has 34 heavy (non-hydrogen) atoms. The number of imide groups is 1. The number of hydrogen-bond acceptors (Lipinski definition) is 6. The van der Waals surface area contributed by atoms with Gasteiger partial charge in [-0.15, -0.1) is 0 Å². The van der Waals surface area contributed by atoms with Crippen LogP contribution in [0.25, 0.3) is 0 Å². The lowest BCUT2D eigenvalue weighted by Gasteiger charge is -2.29. The van der Waals surface area contributed by atoms with Crippen molar-refractivity contribution >= 4 is 46.4 Å². The molecule has 0 aliphatic carbocycles. The van der Waals surface area contributed by atoms with Gasteiger partial charge in [0.05, 0.1) is 41.7 Å². The summed E-state index contributed by atoms with van der Waals surface area (Å²) < 4.78 is 11.0. The van der Waals surface area contributed by atoms with Crippen molar-refractivity contribution in [2.45, 2.75) is 12.1 Å². The molecule has 7 nitrogen and oxygen atoms in total. The van der Waals surface area contributed by atoms with E-state index < -0.39 is 29.9 Å². The van der Waals surface area contributed by atoms with Crippen LogP contribution in [-0.4, -0.2) is 32.1 Å². The van der Waals surface area contributed by atoms with E-state index in [1.807, 2.05) is 36.4 Å². The molecule has 0 unspecified atom stereocenters. The average molecular weight is 499 g/mol. The second kappa shape index (κ2) is 8.83. The first kappa shape index (κ1) is 22.5. The third kappa shape index (κ3) is 3.57. The minimum atomic E-state index is -1.01. The Morgan fingerprint density at radius 2 is 1.59 bits per heavy atom. The number of hydrogen-bond donors (Lipinski definition) is 0. The van der Waals surface area contributed by atoms with Crippen LogP contribution in [0.3, 0.4) is 0 Å². The molecule has 0 spiro atoms. The number of nitrogens with zero attached hydrogens (tertiary/aromatic N) is 2. The summed E-state index contributed by atoms with van der Waals surface area (Å²) in [6, 6.07) is 18.7. The topological polar surface area (TPSA) is 68.3 Å². The predicted molar refractivity (Wildman–Crippen MR) is 129 cm³/mol. The van der Waals surface area contributed by atoms with Crippen molar-refractivity contribution < 1.29 is 23.9 Å². The van der Waals surface area contributed by atoms with Gasteiger partial charge in [0.1, 0.15) is 17.4 Å². The molecular formula is C25H20Cl2N2O5. The fraction of sp³-hybridized carbons (Fsp3) is 0.200. The maximum Gasteiger partial charge on any atom is 0.266 e. The number of rotatable bonds is 5. The molecule has 5 rings (SSSR count). The summed E-state index contributed by atoms with van der Waals surface area (Å²) in [7, 11) is 3.11. The van der Waals surface area contributed by atoms with Gasteiger partial charge >= 0.3 is 0 Å². The zero-order chi connectivity index (χ0) is 24.0. The number of amides is 2. The van der Waals surface area contributed by atoms with Gasteiger partial charge < -0.3 is 9.47 Å². The Morgan fingerprint density at radius 3 is 2.26 bits per heavy atom. The highest BCUT2D eigenvalue weighted by Crippen LogP contribution is 2.50. The van der Waals surface area contributed by atoms with Crippen LogP contribution in [0.5, 0.6) is 11.5 Å². The first-order valence-electron chi connectivity index (χ1n) is 10.5. The number of benzene rings is 3. The van der Waals surface area contributed by atoms with E-state index in [0.29, 0.717) is 33.5 Å². The maximum absolute atomic E-state index is 13.7. The van der Waals surface area contributed by atoms with Crippen molar-refractivity contribution in [2.24, 2.45) is 5.92 Å². The Balaban J connectivity index is 1.62. The van der Waals surface area contributed by atoms with Crippen molar-refractivity contribution in [3.63, 3.8) is 0 Å². The Kier molecular flexibility index (Phi) is 5.85. The van der Waals surface area contributed by atoms with E-state index in [0.717, 1.165) is 4.90 Å². The van der Waals surface area contributed by atoms with E-state index in [4.69, 9.17) is 37.5 Å². The van der Waals surface area contributed by atoms with Crippen molar-refractivity contribution in [2.75, 3.05) is 24.2 Å². The zero-order valence-corrected chi connectivity index (χ0v) is 19.8. The first-order valence-corrected chi connectivity index (χ1v) is 11.3. The number of methoxy groups -OCH3 is 2. The van der Waals surface area contributed by atoms with Crippen LogP contribution in [0.2, 0.25) is 10.0 Å². The number of halogens is 2. The molecule has 0 radical (unpaired) electrons. The third-order valence-corrected chi connectivity index (χ3v) is 6.79. The molecular weight excluding hydrogens is 479 g/mol. The van der Waals surface area contributed by atoms with Crippen LogP contribution in [0.4, 0.5) is 11.4 Å². The van der Waals surface area contributed by atoms with Gasteiger partial charge in [-0.25, -0.2) is 9.96 Å². The summed E-state index contributed by atoms with van der Waals surface area (Å²) in [5.41, 5.74) is 1.74. The minimum absolute atomic E-state index is 0.247. The van der Waals surface area contributed by atoms with E-state index >= 15 is 0 Å². The quantitative estimate of drug-likeness (QED) is 0.458. The van der Waals surface area contributed by atoms with Crippen LogP contribution >= 0.6 is 23.2 Å². The second-order valence-electron chi connectivity index (χ2n) is 7.88. The molecule has 3 aromatic carbocycles. The highest BCUT2D eigenvalue weighted by atomic mass is 35.5. The van der Waals surface area contributed by atoms with E-state index in [2.05, 4.69) is 0 Å². The highest BCUT2D eigenvalue weighted by molar-refractivity contribution is 6.42. The van der Waals surface area contributed by atoms with Crippen LogP contribution < -0.4 is 19.4 Å². The summed E-state index contributed by atoms with van der Waals surface area (Å²) >= 11 is 12.2. The molecule has 0 bridgehead atoms. The number of hydroxylamine groups is 1. The van der Waals surface area contributed by atoms with E-state index in [1.54, 1.807) is 43.5 Å². The van der Waals surface area contributed by atoms with Crippen LogP contribution in [-0.2, 0) is 14.4 Å². The fourth-order valence-electron chi connectivity index (χ4n) is 4.47. The van der Waals surface area contributed by atoms with E-state index in [1.165, 1.54) is 6.07 Å². The zero-order valence-electron chi connectivity index (χ0n) is 18.3. The fourth-order valence-corrected chi connectivity index (χ4v) is 4.76. The third-order valence-electron chi connectivity index (χ3n) is 6.05. The summed E-state index contributed by atoms with van der Waals surface area (Å²) in [6.07, 6.45) is -1.01. The van der Waals surface area contributed by atoms with E-state index in [9.17, 15) is 9.59 Å². The molecule has 2 fully saturated rings. The Morgan fingerprint density at radius 1 is 0.824 bits per heavy atom. The molecule has 9 heteroatoms. The standard InChI is InChI=1S/C25H20Cl2N2O5/c1-32-16-9-10-17(20(13-16)33-2)22-21-23(34-29(22)14-6-4-3-5-7-14)25(31)28(24(21)30)15-8-11-18(26)19(27)12-15/h3-13,21-23H,1-2H3/t21-,22-,23+/m0/s1. The van der Waals surface area contributed by atoms with Gasteiger partial charge in [-0.3, -0.25) is 14.4 Å².